The van der Waals surface area contributed by atoms with E-state index in [0.717, 1.165) is 32.0 Å². The fourth-order valence-corrected chi connectivity index (χ4v) is 1.94. The molecule has 1 aromatic carbocycles. The van der Waals surface area contributed by atoms with Gasteiger partial charge in [0.05, 0.1) is 0 Å². The molecule has 0 spiro atoms. The molecule has 0 aliphatic carbocycles. The van der Waals surface area contributed by atoms with Crippen molar-refractivity contribution in [3.63, 3.8) is 0 Å². The van der Waals surface area contributed by atoms with Crippen molar-refractivity contribution in [1.82, 2.24) is 5.32 Å². The van der Waals surface area contributed by atoms with E-state index >= 15 is 0 Å². The van der Waals surface area contributed by atoms with Crippen LogP contribution in [0.15, 0.2) is 18.2 Å². The van der Waals surface area contributed by atoms with Crippen LogP contribution in [0.2, 0.25) is 0 Å². The number of hydrogen-bond acceptors (Lipinski definition) is 1. The molecule has 1 nitrogen and oxygen atoms in total. The minimum Gasteiger partial charge on any atom is -0.316 e. The third kappa shape index (κ3) is 2.89. The largest absolute Gasteiger partial charge is 0.316 e. The van der Waals surface area contributed by atoms with Crippen molar-refractivity contribution < 1.29 is 8.78 Å². The summed E-state index contributed by atoms with van der Waals surface area (Å²) in [6.45, 7) is 1.73. The van der Waals surface area contributed by atoms with Crippen molar-refractivity contribution in [2.45, 2.75) is 18.8 Å². The van der Waals surface area contributed by atoms with E-state index < -0.39 is 0 Å². The lowest BCUT2D eigenvalue weighted by Gasteiger charge is -2.23. The van der Waals surface area contributed by atoms with Gasteiger partial charge in [0.1, 0.15) is 11.6 Å². The van der Waals surface area contributed by atoms with Crippen LogP contribution in [0.4, 0.5) is 8.78 Å². The van der Waals surface area contributed by atoms with E-state index in [-0.39, 0.29) is 30.0 Å². The molecule has 1 aromatic rings. The van der Waals surface area contributed by atoms with Gasteiger partial charge >= 0.3 is 0 Å². The third-order valence-corrected chi connectivity index (χ3v) is 2.69. The van der Waals surface area contributed by atoms with Gasteiger partial charge in [0.15, 0.2) is 0 Å². The number of benzene rings is 1. The van der Waals surface area contributed by atoms with Crippen molar-refractivity contribution in [3.05, 3.63) is 35.4 Å². The summed E-state index contributed by atoms with van der Waals surface area (Å²) in [5.41, 5.74) is 0.511. The highest BCUT2D eigenvalue weighted by atomic mass is 35.5. The molecule has 0 aromatic heterocycles. The van der Waals surface area contributed by atoms with E-state index in [1.54, 1.807) is 0 Å². The highest BCUT2D eigenvalue weighted by molar-refractivity contribution is 5.85. The first-order chi connectivity index (χ1) is 6.77. The number of rotatable bonds is 1. The van der Waals surface area contributed by atoms with Crippen LogP contribution in [-0.2, 0) is 0 Å². The van der Waals surface area contributed by atoms with Crippen LogP contribution in [0.25, 0.3) is 0 Å². The first-order valence-electron chi connectivity index (χ1n) is 4.93. The van der Waals surface area contributed by atoms with Gasteiger partial charge in [0, 0.05) is 6.54 Å². The van der Waals surface area contributed by atoms with Crippen molar-refractivity contribution in [2.24, 2.45) is 0 Å². The maximum absolute atomic E-state index is 13.4. The Hall–Kier alpha value is -0.670. The summed E-state index contributed by atoms with van der Waals surface area (Å²) in [5.74, 6) is -0.522. The molecule has 1 aliphatic heterocycles. The fourth-order valence-electron chi connectivity index (χ4n) is 1.94. The number of piperidine rings is 1. The molecule has 1 unspecified atom stereocenters. The van der Waals surface area contributed by atoms with E-state index in [9.17, 15) is 8.78 Å². The van der Waals surface area contributed by atoms with Crippen LogP contribution < -0.4 is 5.32 Å². The lowest BCUT2D eigenvalue weighted by atomic mass is 9.91. The lowest BCUT2D eigenvalue weighted by Crippen LogP contribution is -2.28. The highest BCUT2D eigenvalue weighted by Gasteiger charge is 2.18. The van der Waals surface area contributed by atoms with Crippen molar-refractivity contribution in [3.8, 4) is 0 Å². The summed E-state index contributed by atoms with van der Waals surface area (Å²) in [4.78, 5) is 0. The average molecular weight is 234 g/mol. The molecule has 1 atom stereocenters. The Labute approximate surface area is 94.3 Å². The Kier molecular flexibility index (Phi) is 4.48. The summed E-state index contributed by atoms with van der Waals surface area (Å²) >= 11 is 0. The van der Waals surface area contributed by atoms with Crippen LogP contribution in [0.5, 0.6) is 0 Å². The predicted octanol–water partition coefficient (Wildman–Crippen LogP) is 2.85. The predicted molar refractivity (Wildman–Crippen MR) is 58.5 cm³/mol. The fraction of sp³-hybridized carbons (Fsp3) is 0.455. The summed E-state index contributed by atoms with van der Waals surface area (Å²) in [5, 5.41) is 3.19. The van der Waals surface area contributed by atoms with Gasteiger partial charge in [-0.3, -0.25) is 0 Å². The lowest BCUT2D eigenvalue weighted by molar-refractivity contribution is 0.443. The zero-order valence-electron chi connectivity index (χ0n) is 8.30. The van der Waals surface area contributed by atoms with E-state index in [2.05, 4.69) is 5.32 Å². The molecule has 1 N–H and O–H groups in total. The molecule has 4 heteroatoms. The first kappa shape index (κ1) is 12.4. The first-order valence-corrected chi connectivity index (χ1v) is 4.93. The Morgan fingerprint density at radius 2 is 2.07 bits per heavy atom. The highest BCUT2D eigenvalue weighted by Crippen LogP contribution is 2.25. The number of hydrogen-bond donors (Lipinski definition) is 1. The minimum atomic E-state index is -0.355. The smallest absolute Gasteiger partial charge is 0.126 e. The van der Waals surface area contributed by atoms with E-state index in [1.165, 1.54) is 12.1 Å². The molecular formula is C11H14ClF2N. The quantitative estimate of drug-likeness (QED) is 0.787. The van der Waals surface area contributed by atoms with Crippen molar-refractivity contribution in [2.75, 3.05) is 13.1 Å². The average Bonchev–Trinajstić information content (AvgIpc) is 2.23. The molecule has 1 saturated heterocycles. The van der Waals surface area contributed by atoms with Crippen LogP contribution in [0, 0.1) is 11.6 Å². The molecule has 1 fully saturated rings. The van der Waals surface area contributed by atoms with E-state index in [1.807, 2.05) is 0 Å². The molecule has 84 valence electrons. The second kappa shape index (κ2) is 5.42. The Balaban J connectivity index is 0.00000112. The maximum Gasteiger partial charge on any atom is 0.126 e. The molecule has 0 radical (unpaired) electrons. The molecule has 1 heterocycles. The molecule has 15 heavy (non-hydrogen) atoms. The third-order valence-electron chi connectivity index (χ3n) is 2.69. The minimum absolute atomic E-state index is 0. The van der Waals surface area contributed by atoms with Crippen LogP contribution >= 0.6 is 12.4 Å². The second-order valence-corrected chi connectivity index (χ2v) is 3.71. The van der Waals surface area contributed by atoms with Gasteiger partial charge in [0.25, 0.3) is 0 Å². The molecule has 1 aliphatic rings. The Bertz CT molecular complexity index is 324. The molecular weight excluding hydrogens is 220 g/mol. The second-order valence-electron chi connectivity index (χ2n) is 3.71. The van der Waals surface area contributed by atoms with Gasteiger partial charge < -0.3 is 5.32 Å². The zero-order chi connectivity index (χ0) is 9.97. The van der Waals surface area contributed by atoms with Crippen LogP contribution in [-0.4, -0.2) is 13.1 Å². The van der Waals surface area contributed by atoms with Gasteiger partial charge in [-0.2, -0.15) is 0 Å². The monoisotopic (exact) mass is 233 g/mol. The molecule has 2 rings (SSSR count). The van der Waals surface area contributed by atoms with Gasteiger partial charge in [-0.25, -0.2) is 8.78 Å². The Morgan fingerprint density at radius 3 is 2.73 bits per heavy atom. The van der Waals surface area contributed by atoms with Gasteiger partial charge in [-0.05, 0) is 49.1 Å². The van der Waals surface area contributed by atoms with Crippen molar-refractivity contribution >= 4 is 12.4 Å². The van der Waals surface area contributed by atoms with Crippen LogP contribution in [0.3, 0.4) is 0 Å². The van der Waals surface area contributed by atoms with Gasteiger partial charge in [-0.15, -0.1) is 12.4 Å². The summed E-state index contributed by atoms with van der Waals surface area (Å²) < 4.78 is 26.3. The number of halogens is 3. The summed E-state index contributed by atoms with van der Waals surface area (Å²) in [6.07, 6.45) is 1.97. The van der Waals surface area contributed by atoms with Gasteiger partial charge in [-0.1, -0.05) is 0 Å². The Morgan fingerprint density at radius 1 is 1.27 bits per heavy atom. The normalized spacial score (nSPS) is 20.8. The zero-order valence-corrected chi connectivity index (χ0v) is 9.12. The molecule has 0 amide bonds. The van der Waals surface area contributed by atoms with E-state index in [0.29, 0.717) is 5.56 Å². The SMILES string of the molecule is Cl.Fc1ccc(F)c(C2CCCNC2)c1. The van der Waals surface area contributed by atoms with Crippen molar-refractivity contribution in [1.29, 1.82) is 0 Å². The summed E-state index contributed by atoms with van der Waals surface area (Å²) in [7, 11) is 0. The molecule has 0 saturated carbocycles. The maximum atomic E-state index is 13.4. The summed E-state index contributed by atoms with van der Waals surface area (Å²) in [6, 6.07) is 3.68. The van der Waals surface area contributed by atoms with E-state index in [4.69, 9.17) is 0 Å². The number of nitrogens with one attached hydrogen (secondary N) is 1. The molecule has 0 bridgehead atoms. The van der Waals surface area contributed by atoms with Crippen LogP contribution in [0.1, 0.15) is 24.3 Å². The standard InChI is InChI=1S/C11H13F2N.ClH/c12-9-3-4-11(13)10(6-9)8-2-1-5-14-7-8;/h3-4,6,8,14H,1-2,5,7H2;1H. The van der Waals surface area contributed by atoms with Gasteiger partial charge in [0.2, 0.25) is 0 Å². The topological polar surface area (TPSA) is 12.0 Å².